The molecule has 4 heteroatoms. The Kier molecular flexibility index (Phi) is 5.35. The average molecular weight is 292 g/mol. The zero-order valence-electron chi connectivity index (χ0n) is 12.6. The molecular formula is C16H24N2OS. The van der Waals surface area contributed by atoms with Crippen LogP contribution in [0.3, 0.4) is 0 Å². The third-order valence-corrected chi connectivity index (χ3v) is 4.76. The van der Waals surface area contributed by atoms with E-state index in [0.717, 1.165) is 25.1 Å². The minimum Gasteiger partial charge on any atom is -0.384 e. The standard InChI is InChI=1S/C16H24N2OS/c1-12(8-9-20-3)18(2)16(19)14-10-13-6-4-5-7-15(13)17-11-14/h4-7,12,14,17H,8-11H2,1-3H3. The molecule has 0 saturated carbocycles. The molecule has 1 aliphatic heterocycles. The predicted octanol–water partition coefficient (Wildman–Crippen LogP) is 2.87. The van der Waals surface area contributed by atoms with Crippen molar-refractivity contribution in [3.8, 4) is 0 Å². The van der Waals surface area contributed by atoms with Gasteiger partial charge in [-0.2, -0.15) is 11.8 Å². The number of anilines is 1. The molecule has 2 atom stereocenters. The van der Waals surface area contributed by atoms with Gasteiger partial charge in [0.2, 0.25) is 5.91 Å². The Morgan fingerprint density at radius 1 is 1.50 bits per heavy atom. The number of para-hydroxylation sites is 1. The minimum absolute atomic E-state index is 0.0617. The first-order valence-corrected chi connectivity index (χ1v) is 8.60. The topological polar surface area (TPSA) is 32.3 Å². The maximum Gasteiger partial charge on any atom is 0.227 e. The molecule has 1 heterocycles. The summed E-state index contributed by atoms with van der Waals surface area (Å²) in [6.45, 7) is 2.88. The average Bonchev–Trinajstić information content (AvgIpc) is 2.50. The highest BCUT2D eigenvalue weighted by atomic mass is 32.2. The smallest absolute Gasteiger partial charge is 0.227 e. The molecule has 0 saturated heterocycles. The number of hydrogen-bond acceptors (Lipinski definition) is 3. The zero-order valence-corrected chi connectivity index (χ0v) is 13.4. The van der Waals surface area contributed by atoms with Gasteiger partial charge < -0.3 is 10.2 Å². The number of benzene rings is 1. The van der Waals surface area contributed by atoms with Crippen molar-refractivity contribution in [3.63, 3.8) is 0 Å². The van der Waals surface area contributed by atoms with E-state index in [4.69, 9.17) is 0 Å². The van der Waals surface area contributed by atoms with E-state index in [1.165, 1.54) is 11.3 Å². The predicted molar refractivity (Wildman–Crippen MR) is 87.4 cm³/mol. The summed E-state index contributed by atoms with van der Waals surface area (Å²) in [4.78, 5) is 14.5. The Balaban J connectivity index is 1.97. The summed E-state index contributed by atoms with van der Waals surface area (Å²) in [5.41, 5.74) is 2.43. The Hall–Kier alpha value is -1.16. The molecule has 1 N–H and O–H groups in total. The molecule has 1 amide bonds. The van der Waals surface area contributed by atoms with Crippen LogP contribution in [-0.2, 0) is 11.2 Å². The number of thioether (sulfide) groups is 1. The number of nitrogens with one attached hydrogen (secondary N) is 1. The maximum atomic E-state index is 12.6. The molecule has 0 aliphatic carbocycles. The molecule has 3 nitrogen and oxygen atoms in total. The zero-order chi connectivity index (χ0) is 14.5. The van der Waals surface area contributed by atoms with Gasteiger partial charge in [0, 0.05) is 25.3 Å². The fourth-order valence-electron chi connectivity index (χ4n) is 2.60. The summed E-state index contributed by atoms with van der Waals surface area (Å²) in [5.74, 6) is 1.43. The molecule has 0 spiro atoms. The molecule has 2 unspecified atom stereocenters. The number of carbonyl (C=O) groups excluding carboxylic acids is 1. The molecule has 0 radical (unpaired) electrons. The highest BCUT2D eigenvalue weighted by molar-refractivity contribution is 7.98. The van der Waals surface area contributed by atoms with Crippen LogP contribution in [0.15, 0.2) is 24.3 Å². The van der Waals surface area contributed by atoms with Gasteiger partial charge in [0.05, 0.1) is 5.92 Å². The van der Waals surface area contributed by atoms with Crippen molar-refractivity contribution in [2.24, 2.45) is 5.92 Å². The van der Waals surface area contributed by atoms with Gasteiger partial charge in [-0.25, -0.2) is 0 Å². The quantitative estimate of drug-likeness (QED) is 0.905. The molecule has 0 fully saturated rings. The van der Waals surface area contributed by atoms with Gasteiger partial charge in [-0.3, -0.25) is 4.79 Å². The highest BCUT2D eigenvalue weighted by Crippen LogP contribution is 2.25. The molecular weight excluding hydrogens is 268 g/mol. The third-order valence-electron chi connectivity index (χ3n) is 4.12. The SMILES string of the molecule is CSCCC(C)N(C)C(=O)C1CNc2ccccc2C1. The van der Waals surface area contributed by atoms with Crippen molar-refractivity contribution in [1.82, 2.24) is 4.90 Å². The Bertz CT molecular complexity index is 464. The van der Waals surface area contributed by atoms with Crippen LogP contribution < -0.4 is 5.32 Å². The van der Waals surface area contributed by atoms with Gasteiger partial charge in [0.25, 0.3) is 0 Å². The first kappa shape index (κ1) is 15.2. The highest BCUT2D eigenvalue weighted by Gasteiger charge is 2.28. The van der Waals surface area contributed by atoms with Crippen molar-refractivity contribution in [3.05, 3.63) is 29.8 Å². The Labute approximate surface area is 126 Å². The van der Waals surface area contributed by atoms with Crippen molar-refractivity contribution in [1.29, 1.82) is 0 Å². The lowest BCUT2D eigenvalue weighted by Crippen LogP contribution is -2.43. The van der Waals surface area contributed by atoms with Crippen LogP contribution in [0.1, 0.15) is 18.9 Å². The summed E-state index contributed by atoms with van der Waals surface area (Å²) >= 11 is 1.84. The summed E-state index contributed by atoms with van der Waals surface area (Å²) in [6.07, 6.45) is 4.01. The lowest BCUT2D eigenvalue weighted by atomic mass is 9.92. The summed E-state index contributed by atoms with van der Waals surface area (Å²) in [6, 6.07) is 8.58. The van der Waals surface area contributed by atoms with E-state index in [9.17, 15) is 4.79 Å². The van der Waals surface area contributed by atoms with Crippen LogP contribution >= 0.6 is 11.8 Å². The first-order chi connectivity index (χ1) is 9.63. The first-order valence-electron chi connectivity index (χ1n) is 7.21. The van der Waals surface area contributed by atoms with Crippen molar-refractivity contribution in [2.75, 3.05) is 30.9 Å². The largest absolute Gasteiger partial charge is 0.384 e. The van der Waals surface area contributed by atoms with Crippen LogP contribution in [0.2, 0.25) is 0 Å². The van der Waals surface area contributed by atoms with E-state index >= 15 is 0 Å². The van der Waals surface area contributed by atoms with E-state index in [1.54, 1.807) is 0 Å². The molecule has 0 aromatic heterocycles. The fourth-order valence-corrected chi connectivity index (χ4v) is 3.18. The van der Waals surface area contributed by atoms with Crippen LogP contribution in [0.4, 0.5) is 5.69 Å². The van der Waals surface area contributed by atoms with Gasteiger partial charge in [-0.15, -0.1) is 0 Å². The van der Waals surface area contributed by atoms with E-state index in [1.807, 2.05) is 35.8 Å². The van der Waals surface area contributed by atoms with Crippen molar-refractivity contribution in [2.45, 2.75) is 25.8 Å². The van der Waals surface area contributed by atoms with Gasteiger partial charge in [0.1, 0.15) is 0 Å². The number of fused-ring (bicyclic) bond motifs is 1. The molecule has 1 aromatic rings. The Morgan fingerprint density at radius 2 is 2.25 bits per heavy atom. The number of hydrogen-bond donors (Lipinski definition) is 1. The molecule has 1 aromatic carbocycles. The van der Waals surface area contributed by atoms with Gasteiger partial charge in [-0.1, -0.05) is 18.2 Å². The third kappa shape index (κ3) is 3.48. The monoisotopic (exact) mass is 292 g/mol. The van der Waals surface area contributed by atoms with E-state index in [2.05, 4.69) is 30.6 Å². The second-order valence-corrected chi connectivity index (χ2v) is 6.50. The lowest BCUT2D eigenvalue weighted by Gasteiger charge is -2.32. The van der Waals surface area contributed by atoms with Crippen LogP contribution in [0.5, 0.6) is 0 Å². The summed E-state index contributed by atoms with van der Waals surface area (Å²) in [7, 11) is 1.94. The number of carbonyl (C=O) groups is 1. The normalized spacial score (nSPS) is 18.9. The molecule has 2 rings (SSSR count). The molecule has 110 valence electrons. The Morgan fingerprint density at radius 3 is 3.00 bits per heavy atom. The summed E-state index contributed by atoms with van der Waals surface area (Å²) < 4.78 is 0. The molecule has 0 bridgehead atoms. The van der Waals surface area contributed by atoms with Crippen molar-refractivity contribution < 1.29 is 4.79 Å². The number of amides is 1. The van der Waals surface area contributed by atoms with Crippen molar-refractivity contribution >= 4 is 23.4 Å². The van der Waals surface area contributed by atoms with Gasteiger partial charge in [-0.05, 0) is 43.4 Å². The lowest BCUT2D eigenvalue weighted by molar-refractivity contribution is -0.135. The van der Waals surface area contributed by atoms with E-state index in [-0.39, 0.29) is 11.8 Å². The molecule has 20 heavy (non-hydrogen) atoms. The fraction of sp³-hybridized carbons (Fsp3) is 0.562. The molecule has 1 aliphatic rings. The minimum atomic E-state index is 0.0617. The maximum absolute atomic E-state index is 12.6. The van der Waals surface area contributed by atoms with Gasteiger partial charge >= 0.3 is 0 Å². The number of nitrogens with zero attached hydrogens (tertiary/aromatic N) is 1. The van der Waals surface area contributed by atoms with E-state index in [0.29, 0.717) is 6.04 Å². The number of rotatable bonds is 5. The second kappa shape index (κ2) is 7.02. The second-order valence-electron chi connectivity index (χ2n) is 5.52. The van der Waals surface area contributed by atoms with Crippen LogP contribution in [-0.4, -0.2) is 42.4 Å². The van der Waals surface area contributed by atoms with Crippen LogP contribution in [0.25, 0.3) is 0 Å². The van der Waals surface area contributed by atoms with E-state index < -0.39 is 0 Å². The van der Waals surface area contributed by atoms with Gasteiger partial charge in [0.15, 0.2) is 0 Å². The summed E-state index contributed by atoms with van der Waals surface area (Å²) in [5, 5.41) is 3.38. The van der Waals surface area contributed by atoms with Crippen LogP contribution in [0, 0.1) is 5.92 Å².